The van der Waals surface area contributed by atoms with Crippen molar-refractivity contribution in [3.05, 3.63) is 56.9 Å². The second-order valence-corrected chi connectivity index (χ2v) is 8.06. The number of nitro benzene ring substituents is 1. The van der Waals surface area contributed by atoms with Crippen molar-refractivity contribution in [3.63, 3.8) is 0 Å². The zero-order valence-corrected chi connectivity index (χ0v) is 17.5. The average Bonchev–Trinajstić information content (AvgIpc) is 3.35. The number of carbonyl (C=O) groups is 2. The number of benzene rings is 2. The number of amides is 2. The molecule has 2 amide bonds. The Balaban J connectivity index is 1.82. The SMILES string of the molecule is Cc1nn(C)c(C)c1N1C(=O)c2cccc3c(N4CCCC4)c([N+](=O)[O-])cc(c23)C1=O. The standard InChI is InChI=1S/C22H21N5O4/c1-12-19(13(2)24(3)23-12)26-21(28)15-8-6-7-14-18(15)16(22(26)29)11-17(27(30)31)20(14)25-9-4-5-10-25/h6-8,11H,4-5,9-10H2,1-3H3. The number of hydrogen-bond acceptors (Lipinski definition) is 6. The van der Waals surface area contributed by atoms with Crippen LogP contribution in [0.4, 0.5) is 17.1 Å². The third kappa shape index (κ3) is 2.59. The molecule has 0 spiro atoms. The maximum atomic E-state index is 13.6. The highest BCUT2D eigenvalue weighted by Gasteiger charge is 2.40. The zero-order valence-electron chi connectivity index (χ0n) is 17.5. The van der Waals surface area contributed by atoms with Crippen molar-refractivity contribution in [2.45, 2.75) is 26.7 Å². The molecule has 2 aliphatic rings. The molecule has 158 valence electrons. The van der Waals surface area contributed by atoms with E-state index in [1.807, 2.05) is 4.90 Å². The molecule has 0 aliphatic carbocycles. The van der Waals surface area contributed by atoms with E-state index in [4.69, 9.17) is 0 Å². The molecule has 0 saturated carbocycles. The van der Waals surface area contributed by atoms with Gasteiger partial charge >= 0.3 is 0 Å². The Morgan fingerprint density at radius 3 is 2.32 bits per heavy atom. The van der Waals surface area contributed by atoms with Crippen LogP contribution in [0.2, 0.25) is 0 Å². The minimum Gasteiger partial charge on any atom is -0.365 e. The van der Waals surface area contributed by atoms with E-state index >= 15 is 0 Å². The molecule has 9 nitrogen and oxygen atoms in total. The summed E-state index contributed by atoms with van der Waals surface area (Å²) < 4.78 is 1.61. The van der Waals surface area contributed by atoms with Gasteiger partial charge in [-0.1, -0.05) is 12.1 Å². The molecule has 0 atom stereocenters. The van der Waals surface area contributed by atoms with E-state index in [9.17, 15) is 19.7 Å². The summed E-state index contributed by atoms with van der Waals surface area (Å²) in [6.45, 7) is 4.94. The molecule has 0 unspecified atom stereocenters. The van der Waals surface area contributed by atoms with Crippen LogP contribution in [0.1, 0.15) is 44.9 Å². The Morgan fingerprint density at radius 1 is 1.03 bits per heavy atom. The number of nitrogens with zero attached hydrogens (tertiary/aromatic N) is 5. The Hall–Kier alpha value is -3.75. The van der Waals surface area contributed by atoms with Crippen LogP contribution in [0.25, 0.3) is 10.8 Å². The van der Waals surface area contributed by atoms with E-state index in [-0.39, 0.29) is 11.3 Å². The van der Waals surface area contributed by atoms with E-state index < -0.39 is 16.7 Å². The van der Waals surface area contributed by atoms with Gasteiger partial charge < -0.3 is 4.90 Å². The number of aromatic nitrogens is 2. The van der Waals surface area contributed by atoms with Gasteiger partial charge in [-0.3, -0.25) is 24.4 Å². The molecule has 2 aliphatic heterocycles. The molecular weight excluding hydrogens is 398 g/mol. The van der Waals surface area contributed by atoms with Gasteiger partial charge in [0.15, 0.2) is 0 Å². The van der Waals surface area contributed by atoms with Crippen molar-refractivity contribution in [1.82, 2.24) is 9.78 Å². The van der Waals surface area contributed by atoms with Crippen molar-refractivity contribution >= 4 is 39.6 Å². The molecule has 0 radical (unpaired) electrons. The first-order valence-corrected chi connectivity index (χ1v) is 10.2. The van der Waals surface area contributed by atoms with Gasteiger partial charge in [0.1, 0.15) is 5.69 Å². The minimum absolute atomic E-state index is 0.108. The van der Waals surface area contributed by atoms with E-state index in [2.05, 4.69) is 5.10 Å². The predicted octanol–water partition coefficient (Wildman–Crippen LogP) is 3.50. The van der Waals surface area contributed by atoms with Crippen molar-refractivity contribution in [3.8, 4) is 0 Å². The molecular formula is C22H21N5O4. The Kier molecular flexibility index (Phi) is 4.11. The second kappa shape index (κ2) is 6.63. The lowest BCUT2D eigenvalue weighted by molar-refractivity contribution is -0.384. The summed E-state index contributed by atoms with van der Waals surface area (Å²) >= 11 is 0. The molecule has 31 heavy (non-hydrogen) atoms. The molecule has 2 aromatic carbocycles. The van der Waals surface area contributed by atoms with Crippen molar-refractivity contribution in [2.75, 3.05) is 22.9 Å². The molecule has 1 aromatic heterocycles. The first kappa shape index (κ1) is 19.2. The fourth-order valence-corrected chi connectivity index (χ4v) is 4.84. The summed E-state index contributed by atoms with van der Waals surface area (Å²) in [6, 6.07) is 6.50. The summed E-state index contributed by atoms with van der Waals surface area (Å²) in [4.78, 5) is 41.7. The van der Waals surface area contributed by atoms with Crippen LogP contribution in [-0.4, -0.2) is 39.6 Å². The second-order valence-electron chi connectivity index (χ2n) is 8.06. The lowest BCUT2D eigenvalue weighted by Crippen LogP contribution is -2.41. The molecule has 3 heterocycles. The number of anilines is 2. The zero-order chi connectivity index (χ0) is 22.0. The minimum atomic E-state index is -0.566. The van der Waals surface area contributed by atoms with Crippen LogP contribution < -0.4 is 9.80 Å². The normalized spacial score (nSPS) is 16.0. The van der Waals surface area contributed by atoms with Crippen LogP contribution >= 0.6 is 0 Å². The number of imide groups is 1. The highest BCUT2D eigenvalue weighted by molar-refractivity contribution is 6.37. The Morgan fingerprint density at radius 2 is 1.71 bits per heavy atom. The van der Waals surface area contributed by atoms with Gasteiger partial charge in [-0.05, 0) is 32.8 Å². The maximum Gasteiger partial charge on any atom is 0.293 e. The number of hydrogen-bond donors (Lipinski definition) is 0. The third-order valence-electron chi connectivity index (χ3n) is 6.29. The largest absolute Gasteiger partial charge is 0.365 e. The van der Waals surface area contributed by atoms with Crippen LogP contribution in [0, 0.1) is 24.0 Å². The van der Waals surface area contributed by atoms with E-state index in [1.54, 1.807) is 43.8 Å². The quantitative estimate of drug-likeness (QED) is 0.366. The lowest BCUT2D eigenvalue weighted by Gasteiger charge is -2.29. The molecule has 9 heteroatoms. The van der Waals surface area contributed by atoms with Gasteiger partial charge in [-0.15, -0.1) is 0 Å². The summed E-state index contributed by atoms with van der Waals surface area (Å²) in [7, 11) is 1.74. The Labute approximate surface area is 178 Å². The highest BCUT2D eigenvalue weighted by Crippen LogP contribution is 2.44. The van der Waals surface area contributed by atoms with Crippen LogP contribution in [0.5, 0.6) is 0 Å². The summed E-state index contributed by atoms with van der Waals surface area (Å²) in [5.41, 5.74) is 2.55. The number of nitro groups is 1. The number of aryl methyl sites for hydroxylation is 2. The van der Waals surface area contributed by atoms with Gasteiger partial charge in [-0.2, -0.15) is 5.10 Å². The van der Waals surface area contributed by atoms with Gasteiger partial charge in [0.2, 0.25) is 0 Å². The molecule has 0 N–H and O–H groups in total. The first-order chi connectivity index (χ1) is 14.8. The lowest BCUT2D eigenvalue weighted by atomic mass is 9.91. The maximum absolute atomic E-state index is 13.6. The van der Waals surface area contributed by atoms with Crippen LogP contribution in [0.15, 0.2) is 24.3 Å². The van der Waals surface area contributed by atoms with Crippen molar-refractivity contribution in [1.29, 1.82) is 0 Å². The van der Waals surface area contributed by atoms with Crippen molar-refractivity contribution < 1.29 is 14.5 Å². The van der Waals surface area contributed by atoms with E-state index in [1.165, 1.54) is 6.07 Å². The van der Waals surface area contributed by atoms with Crippen molar-refractivity contribution in [2.24, 2.45) is 7.05 Å². The molecule has 0 bridgehead atoms. The highest BCUT2D eigenvalue weighted by atomic mass is 16.6. The molecule has 5 rings (SSSR count). The monoisotopic (exact) mass is 419 g/mol. The smallest absolute Gasteiger partial charge is 0.293 e. The fraction of sp³-hybridized carbons (Fsp3) is 0.318. The summed E-state index contributed by atoms with van der Waals surface area (Å²) in [6.07, 6.45) is 1.90. The van der Waals surface area contributed by atoms with Crippen LogP contribution in [-0.2, 0) is 7.05 Å². The predicted molar refractivity (Wildman–Crippen MR) is 116 cm³/mol. The van der Waals surface area contributed by atoms with E-state index in [0.717, 1.165) is 17.7 Å². The average molecular weight is 419 g/mol. The van der Waals surface area contributed by atoms with Gasteiger partial charge in [0, 0.05) is 42.5 Å². The van der Waals surface area contributed by atoms with Gasteiger partial charge in [0.25, 0.3) is 17.5 Å². The van der Waals surface area contributed by atoms with Gasteiger partial charge in [-0.25, -0.2) is 4.90 Å². The number of carbonyl (C=O) groups excluding carboxylic acids is 2. The summed E-state index contributed by atoms with van der Waals surface area (Å²) in [5.74, 6) is -1.01. The number of rotatable bonds is 3. The topological polar surface area (TPSA) is 102 Å². The first-order valence-electron chi connectivity index (χ1n) is 10.2. The van der Waals surface area contributed by atoms with Gasteiger partial charge in [0.05, 0.1) is 27.6 Å². The third-order valence-corrected chi connectivity index (χ3v) is 6.29. The fourth-order valence-electron chi connectivity index (χ4n) is 4.84. The molecule has 3 aromatic rings. The van der Waals surface area contributed by atoms with E-state index in [0.29, 0.717) is 52.2 Å². The molecule has 1 saturated heterocycles. The molecule has 1 fully saturated rings. The summed E-state index contributed by atoms with van der Waals surface area (Å²) in [5, 5.41) is 17.4. The Bertz CT molecular complexity index is 1300. The van der Waals surface area contributed by atoms with Crippen LogP contribution in [0.3, 0.4) is 0 Å².